The fraction of sp³-hybridized carbons (Fsp3) is 0.462. The van der Waals surface area contributed by atoms with Crippen molar-refractivity contribution in [1.29, 1.82) is 0 Å². The lowest BCUT2D eigenvalue weighted by Crippen LogP contribution is -2.43. The van der Waals surface area contributed by atoms with Crippen LogP contribution in [-0.2, 0) is 0 Å². The third-order valence-electron chi connectivity index (χ3n) is 3.54. The molecule has 0 saturated heterocycles. The Balaban J connectivity index is 2.24. The maximum atomic E-state index is 12.2. The average molecular weight is 283 g/mol. The molecule has 102 valence electrons. The van der Waals surface area contributed by atoms with Crippen molar-refractivity contribution in [3.05, 3.63) is 38.9 Å². The van der Waals surface area contributed by atoms with Gasteiger partial charge in [0.25, 0.3) is 11.6 Å². The van der Waals surface area contributed by atoms with Crippen LogP contribution in [0.15, 0.2) is 18.2 Å². The fourth-order valence-corrected chi connectivity index (χ4v) is 2.74. The van der Waals surface area contributed by atoms with Crippen LogP contribution in [0, 0.1) is 10.1 Å². The van der Waals surface area contributed by atoms with E-state index in [0.717, 1.165) is 25.7 Å². The fourth-order valence-electron chi connectivity index (χ4n) is 2.46. The Morgan fingerprint density at radius 3 is 2.63 bits per heavy atom. The Hall–Kier alpha value is -1.62. The van der Waals surface area contributed by atoms with Crippen LogP contribution in [0.2, 0.25) is 5.02 Å². The van der Waals surface area contributed by atoms with Gasteiger partial charge >= 0.3 is 0 Å². The Morgan fingerprint density at radius 2 is 2.05 bits per heavy atom. The second-order valence-corrected chi connectivity index (χ2v) is 5.50. The van der Waals surface area contributed by atoms with Crippen molar-refractivity contribution in [2.45, 2.75) is 38.1 Å². The van der Waals surface area contributed by atoms with Gasteiger partial charge in [-0.3, -0.25) is 14.9 Å². The molecule has 0 aliphatic heterocycles. The predicted molar refractivity (Wildman–Crippen MR) is 72.4 cm³/mol. The number of carbonyl (C=O) groups is 1. The van der Waals surface area contributed by atoms with Gasteiger partial charge in [-0.05, 0) is 25.8 Å². The van der Waals surface area contributed by atoms with Crippen LogP contribution in [-0.4, -0.2) is 16.4 Å². The molecule has 2 rings (SSSR count). The zero-order chi connectivity index (χ0) is 14.0. The van der Waals surface area contributed by atoms with E-state index in [-0.39, 0.29) is 27.7 Å². The average Bonchev–Trinajstić information content (AvgIpc) is 2.75. The zero-order valence-corrected chi connectivity index (χ0v) is 11.4. The molecule has 1 amide bonds. The first-order valence-corrected chi connectivity index (χ1v) is 6.56. The number of nitro groups is 1. The second-order valence-electron chi connectivity index (χ2n) is 5.12. The van der Waals surface area contributed by atoms with Gasteiger partial charge in [-0.15, -0.1) is 0 Å². The minimum atomic E-state index is -0.587. The van der Waals surface area contributed by atoms with Crippen LogP contribution in [0.25, 0.3) is 0 Å². The molecule has 19 heavy (non-hydrogen) atoms. The molecule has 1 N–H and O–H groups in total. The molecule has 0 heterocycles. The number of hydrogen-bond donors (Lipinski definition) is 1. The van der Waals surface area contributed by atoms with Crippen LogP contribution in [0.5, 0.6) is 0 Å². The van der Waals surface area contributed by atoms with Gasteiger partial charge in [-0.1, -0.05) is 30.5 Å². The van der Waals surface area contributed by atoms with Crippen molar-refractivity contribution in [3.8, 4) is 0 Å². The molecule has 0 radical (unpaired) electrons. The quantitative estimate of drug-likeness (QED) is 0.683. The van der Waals surface area contributed by atoms with E-state index in [2.05, 4.69) is 5.32 Å². The van der Waals surface area contributed by atoms with Crippen molar-refractivity contribution < 1.29 is 9.72 Å². The van der Waals surface area contributed by atoms with E-state index in [1.54, 1.807) is 0 Å². The molecule has 0 unspecified atom stereocenters. The molecule has 1 aliphatic rings. The number of hydrogen-bond acceptors (Lipinski definition) is 3. The highest BCUT2D eigenvalue weighted by Crippen LogP contribution is 2.31. The van der Waals surface area contributed by atoms with Gasteiger partial charge in [0.15, 0.2) is 0 Å². The first-order valence-electron chi connectivity index (χ1n) is 6.18. The lowest BCUT2D eigenvalue weighted by atomic mass is 10.00. The van der Waals surface area contributed by atoms with Gasteiger partial charge in [0.05, 0.1) is 10.5 Å². The Morgan fingerprint density at radius 1 is 1.42 bits per heavy atom. The van der Waals surface area contributed by atoms with Crippen LogP contribution in [0.1, 0.15) is 43.0 Å². The molecule has 1 aromatic rings. The molecule has 0 bridgehead atoms. The Bertz CT molecular complexity index is 525. The molecule has 1 saturated carbocycles. The van der Waals surface area contributed by atoms with Gasteiger partial charge in [-0.25, -0.2) is 0 Å². The largest absolute Gasteiger partial charge is 0.347 e. The number of halogens is 1. The summed E-state index contributed by atoms with van der Waals surface area (Å²) < 4.78 is 0. The third kappa shape index (κ3) is 2.87. The van der Waals surface area contributed by atoms with Crippen molar-refractivity contribution in [1.82, 2.24) is 5.32 Å². The number of carbonyl (C=O) groups excluding carboxylic acids is 1. The first-order chi connectivity index (χ1) is 8.93. The molecule has 0 aromatic heterocycles. The molecule has 5 nitrogen and oxygen atoms in total. The van der Waals surface area contributed by atoms with E-state index >= 15 is 0 Å². The number of benzene rings is 1. The van der Waals surface area contributed by atoms with Gasteiger partial charge in [0.1, 0.15) is 5.02 Å². The number of nitrogens with one attached hydrogen (secondary N) is 1. The molecule has 1 fully saturated rings. The summed E-state index contributed by atoms with van der Waals surface area (Å²) in [6.45, 7) is 1.99. The van der Waals surface area contributed by atoms with Crippen molar-refractivity contribution >= 4 is 23.2 Å². The van der Waals surface area contributed by atoms with Crippen LogP contribution in [0.3, 0.4) is 0 Å². The Labute approximate surface area is 116 Å². The summed E-state index contributed by atoms with van der Waals surface area (Å²) in [6.07, 6.45) is 4.01. The molecule has 0 atom stereocenters. The minimum Gasteiger partial charge on any atom is -0.347 e. The molecule has 1 aliphatic carbocycles. The number of amides is 1. The minimum absolute atomic E-state index is 0.105. The smallest absolute Gasteiger partial charge is 0.288 e. The summed E-state index contributed by atoms with van der Waals surface area (Å²) >= 11 is 5.93. The summed E-state index contributed by atoms with van der Waals surface area (Å²) in [7, 11) is 0. The molecular weight excluding hydrogens is 268 g/mol. The zero-order valence-electron chi connectivity index (χ0n) is 10.6. The summed E-state index contributed by atoms with van der Waals surface area (Å²) in [4.78, 5) is 22.4. The maximum Gasteiger partial charge on any atom is 0.288 e. The summed E-state index contributed by atoms with van der Waals surface area (Å²) in [6, 6.07) is 4.26. The van der Waals surface area contributed by atoms with Gasteiger partial charge in [-0.2, -0.15) is 0 Å². The molecule has 1 aromatic carbocycles. The van der Waals surface area contributed by atoms with Crippen LogP contribution in [0.4, 0.5) is 5.69 Å². The van der Waals surface area contributed by atoms with E-state index in [4.69, 9.17) is 11.6 Å². The Kier molecular flexibility index (Phi) is 3.75. The molecule has 0 spiro atoms. The predicted octanol–water partition coefficient (Wildman–Crippen LogP) is 3.31. The van der Waals surface area contributed by atoms with Crippen molar-refractivity contribution in [2.24, 2.45) is 0 Å². The molecular formula is C13H15ClN2O3. The van der Waals surface area contributed by atoms with Gasteiger partial charge in [0.2, 0.25) is 0 Å². The van der Waals surface area contributed by atoms with E-state index in [1.165, 1.54) is 18.2 Å². The monoisotopic (exact) mass is 282 g/mol. The lowest BCUT2D eigenvalue weighted by Gasteiger charge is -2.25. The molecule has 6 heteroatoms. The number of nitrogens with zero attached hydrogens (tertiary/aromatic N) is 1. The lowest BCUT2D eigenvalue weighted by molar-refractivity contribution is -0.384. The SMILES string of the molecule is CC1(NC(=O)c2cccc([N+](=O)[O-])c2Cl)CCCC1. The second kappa shape index (κ2) is 5.17. The third-order valence-corrected chi connectivity index (χ3v) is 3.94. The van der Waals surface area contributed by atoms with E-state index in [0.29, 0.717) is 0 Å². The topological polar surface area (TPSA) is 72.2 Å². The summed E-state index contributed by atoms with van der Waals surface area (Å²) in [5.74, 6) is -0.349. The van der Waals surface area contributed by atoms with E-state index in [1.807, 2.05) is 6.92 Å². The van der Waals surface area contributed by atoms with E-state index in [9.17, 15) is 14.9 Å². The van der Waals surface area contributed by atoms with E-state index < -0.39 is 4.92 Å². The summed E-state index contributed by atoms with van der Waals surface area (Å²) in [5, 5.41) is 13.6. The standard InChI is InChI=1S/C13H15ClN2O3/c1-13(7-2-3-8-13)15-12(17)9-5-4-6-10(11(9)14)16(18)19/h4-6H,2-3,7-8H2,1H3,(H,15,17). The van der Waals surface area contributed by atoms with Crippen molar-refractivity contribution in [2.75, 3.05) is 0 Å². The first kappa shape index (κ1) is 13.8. The number of rotatable bonds is 3. The highest BCUT2D eigenvalue weighted by Gasteiger charge is 2.31. The van der Waals surface area contributed by atoms with Gasteiger partial charge < -0.3 is 5.32 Å². The normalized spacial score (nSPS) is 17.2. The number of nitro benzene ring substituents is 1. The van der Waals surface area contributed by atoms with Crippen LogP contribution < -0.4 is 5.32 Å². The summed E-state index contributed by atoms with van der Waals surface area (Å²) in [5.41, 5.74) is -0.319. The highest BCUT2D eigenvalue weighted by molar-refractivity contribution is 6.35. The van der Waals surface area contributed by atoms with Crippen molar-refractivity contribution in [3.63, 3.8) is 0 Å². The van der Waals surface area contributed by atoms with Gasteiger partial charge in [0, 0.05) is 11.6 Å². The maximum absolute atomic E-state index is 12.2. The highest BCUT2D eigenvalue weighted by atomic mass is 35.5. The van der Waals surface area contributed by atoms with Crippen LogP contribution >= 0.6 is 11.6 Å².